The van der Waals surface area contributed by atoms with Gasteiger partial charge in [-0.3, -0.25) is 4.79 Å². The van der Waals surface area contributed by atoms with Gasteiger partial charge in [-0.05, 0) is 19.8 Å². The third kappa shape index (κ3) is 5.47. The molecular formula is C12H26N2O2. The number of hydrogen-bond donors (Lipinski definition) is 3. The minimum Gasteiger partial charge on any atom is -0.396 e. The molecule has 3 N–H and O–H groups in total. The lowest BCUT2D eigenvalue weighted by Crippen LogP contribution is -2.46. The van der Waals surface area contributed by atoms with Gasteiger partial charge in [0, 0.05) is 25.1 Å². The molecule has 2 atom stereocenters. The van der Waals surface area contributed by atoms with E-state index in [2.05, 4.69) is 10.6 Å². The SMILES string of the molecule is CCCNC(=O)C(C)NCC(C)(CC)CO. The van der Waals surface area contributed by atoms with Crippen LogP contribution in [0.15, 0.2) is 0 Å². The molecular weight excluding hydrogens is 204 g/mol. The van der Waals surface area contributed by atoms with Crippen LogP contribution >= 0.6 is 0 Å². The molecule has 0 saturated heterocycles. The van der Waals surface area contributed by atoms with Gasteiger partial charge in [0.1, 0.15) is 0 Å². The lowest BCUT2D eigenvalue weighted by atomic mass is 9.88. The molecule has 0 spiro atoms. The van der Waals surface area contributed by atoms with Crippen molar-refractivity contribution >= 4 is 5.91 Å². The molecule has 96 valence electrons. The van der Waals surface area contributed by atoms with Crippen LogP contribution in [0.25, 0.3) is 0 Å². The molecule has 2 unspecified atom stereocenters. The van der Waals surface area contributed by atoms with Gasteiger partial charge in [0.15, 0.2) is 0 Å². The molecule has 4 heteroatoms. The highest BCUT2D eigenvalue weighted by Crippen LogP contribution is 2.18. The predicted molar refractivity (Wildman–Crippen MR) is 66.2 cm³/mol. The van der Waals surface area contributed by atoms with Crippen molar-refractivity contribution in [1.29, 1.82) is 0 Å². The van der Waals surface area contributed by atoms with E-state index in [1.807, 2.05) is 27.7 Å². The Kier molecular flexibility index (Phi) is 7.34. The summed E-state index contributed by atoms with van der Waals surface area (Å²) in [5.74, 6) is 0.0262. The topological polar surface area (TPSA) is 61.4 Å². The van der Waals surface area contributed by atoms with E-state index in [-0.39, 0.29) is 24.0 Å². The fourth-order valence-electron chi connectivity index (χ4n) is 1.19. The molecule has 0 fully saturated rings. The monoisotopic (exact) mass is 230 g/mol. The van der Waals surface area contributed by atoms with Crippen LogP contribution in [0.3, 0.4) is 0 Å². The number of aliphatic hydroxyl groups is 1. The second-order valence-corrected chi connectivity index (χ2v) is 4.72. The van der Waals surface area contributed by atoms with Crippen molar-refractivity contribution in [2.24, 2.45) is 5.41 Å². The second-order valence-electron chi connectivity index (χ2n) is 4.72. The lowest BCUT2D eigenvalue weighted by Gasteiger charge is -2.27. The van der Waals surface area contributed by atoms with Crippen molar-refractivity contribution in [2.75, 3.05) is 19.7 Å². The van der Waals surface area contributed by atoms with Gasteiger partial charge >= 0.3 is 0 Å². The first-order valence-electron chi connectivity index (χ1n) is 6.11. The maximum absolute atomic E-state index is 11.6. The molecule has 0 bridgehead atoms. The van der Waals surface area contributed by atoms with Gasteiger partial charge in [0.05, 0.1) is 6.04 Å². The number of hydrogen-bond acceptors (Lipinski definition) is 3. The molecule has 0 aromatic rings. The van der Waals surface area contributed by atoms with Gasteiger partial charge in [-0.25, -0.2) is 0 Å². The van der Waals surface area contributed by atoms with Crippen molar-refractivity contribution in [1.82, 2.24) is 10.6 Å². The summed E-state index contributed by atoms with van der Waals surface area (Å²) >= 11 is 0. The van der Waals surface area contributed by atoms with Gasteiger partial charge in [0.25, 0.3) is 0 Å². The first-order valence-corrected chi connectivity index (χ1v) is 6.11. The molecule has 0 aliphatic carbocycles. The predicted octanol–water partition coefficient (Wildman–Crippen LogP) is 0.899. The summed E-state index contributed by atoms with van der Waals surface area (Å²) in [4.78, 5) is 11.6. The normalized spacial score (nSPS) is 16.6. The van der Waals surface area contributed by atoms with Crippen molar-refractivity contribution in [3.63, 3.8) is 0 Å². The van der Waals surface area contributed by atoms with Gasteiger partial charge in [-0.15, -0.1) is 0 Å². The first-order chi connectivity index (χ1) is 7.49. The van der Waals surface area contributed by atoms with E-state index in [4.69, 9.17) is 0 Å². The smallest absolute Gasteiger partial charge is 0.236 e. The fourth-order valence-corrected chi connectivity index (χ4v) is 1.19. The Hall–Kier alpha value is -0.610. The highest BCUT2D eigenvalue weighted by atomic mass is 16.3. The molecule has 0 aromatic carbocycles. The van der Waals surface area contributed by atoms with Crippen LogP contribution in [0.5, 0.6) is 0 Å². The number of nitrogens with one attached hydrogen (secondary N) is 2. The highest BCUT2D eigenvalue weighted by molar-refractivity contribution is 5.81. The molecule has 0 aliphatic rings. The second kappa shape index (κ2) is 7.63. The van der Waals surface area contributed by atoms with Gasteiger partial charge < -0.3 is 15.7 Å². The van der Waals surface area contributed by atoms with Crippen LogP contribution in [0, 0.1) is 5.41 Å². The summed E-state index contributed by atoms with van der Waals surface area (Å²) in [5, 5.41) is 15.2. The van der Waals surface area contributed by atoms with E-state index in [0.29, 0.717) is 6.54 Å². The molecule has 0 saturated carbocycles. The van der Waals surface area contributed by atoms with Crippen LogP contribution in [0.2, 0.25) is 0 Å². The number of rotatable bonds is 8. The number of carbonyl (C=O) groups is 1. The standard InChI is InChI=1S/C12H26N2O2/c1-5-7-13-11(16)10(3)14-8-12(4,6-2)9-15/h10,14-15H,5-9H2,1-4H3,(H,13,16). The Bertz CT molecular complexity index is 203. The molecule has 0 aliphatic heterocycles. The highest BCUT2D eigenvalue weighted by Gasteiger charge is 2.22. The first kappa shape index (κ1) is 15.4. The molecule has 0 rings (SSSR count). The molecule has 0 radical (unpaired) electrons. The van der Waals surface area contributed by atoms with Gasteiger partial charge in [-0.1, -0.05) is 20.8 Å². The summed E-state index contributed by atoms with van der Waals surface area (Å²) in [7, 11) is 0. The van der Waals surface area contributed by atoms with E-state index in [0.717, 1.165) is 19.4 Å². The molecule has 1 amide bonds. The number of carbonyl (C=O) groups excluding carboxylic acids is 1. The fraction of sp³-hybridized carbons (Fsp3) is 0.917. The molecule has 0 aromatic heterocycles. The van der Waals surface area contributed by atoms with E-state index < -0.39 is 0 Å². The summed E-state index contributed by atoms with van der Waals surface area (Å²) < 4.78 is 0. The van der Waals surface area contributed by atoms with E-state index in [1.54, 1.807) is 0 Å². The Balaban J connectivity index is 3.95. The van der Waals surface area contributed by atoms with E-state index in [1.165, 1.54) is 0 Å². The van der Waals surface area contributed by atoms with Crippen LogP contribution < -0.4 is 10.6 Å². The summed E-state index contributed by atoms with van der Waals surface area (Å²) in [6.07, 6.45) is 1.83. The molecule has 0 heterocycles. The van der Waals surface area contributed by atoms with E-state index >= 15 is 0 Å². The third-order valence-electron chi connectivity index (χ3n) is 3.01. The minimum absolute atomic E-state index is 0.0262. The zero-order valence-electron chi connectivity index (χ0n) is 11.0. The summed E-state index contributed by atoms with van der Waals surface area (Å²) in [5.41, 5.74) is -0.140. The van der Waals surface area contributed by atoms with Crippen molar-refractivity contribution < 1.29 is 9.90 Å². The van der Waals surface area contributed by atoms with Crippen molar-refractivity contribution in [3.8, 4) is 0 Å². The maximum atomic E-state index is 11.6. The summed E-state index contributed by atoms with van der Waals surface area (Å²) in [6.45, 7) is 9.43. The van der Waals surface area contributed by atoms with Gasteiger partial charge in [-0.2, -0.15) is 0 Å². The quantitative estimate of drug-likeness (QED) is 0.580. The Morgan fingerprint density at radius 3 is 2.50 bits per heavy atom. The average molecular weight is 230 g/mol. The number of amides is 1. The Labute approximate surface area is 98.8 Å². The minimum atomic E-state index is -0.205. The Morgan fingerprint density at radius 1 is 1.44 bits per heavy atom. The average Bonchev–Trinajstić information content (AvgIpc) is 2.32. The molecule has 16 heavy (non-hydrogen) atoms. The summed E-state index contributed by atoms with van der Waals surface area (Å²) in [6, 6.07) is -0.205. The van der Waals surface area contributed by atoms with Crippen molar-refractivity contribution in [3.05, 3.63) is 0 Å². The molecule has 4 nitrogen and oxygen atoms in total. The lowest BCUT2D eigenvalue weighted by molar-refractivity contribution is -0.122. The zero-order valence-corrected chi connectivity index (χ0v) is 11.0. The van der Waals surface area contributed by atoms with Crippen LogP contribution in [0.4, 0.5) is 0 Å². The van der Waals surface area contributed by atoms with Crippen LogP contribution in [-0.4, -0.2) is 36.8 Å². The maximum Gasteiger partial charge on any atom is 0.236 e. The van der Waals surface area contributed by atoms with Crippen LogP contribution in [0.1, 0.15) is 40.5 Å². The van der Waals surface area contributed by atoms with Crippen LogP contribution in [-0.2, 0) is 4.79 Å². The largest absolute Gasteiger partial charge is 0.396 e. The van der Waals surface area contributed by atoms with Crippen molar-refractivity contribution in [2.45, 2.75) is 46.6 Å². The van der Waals surface area contributed by atoms with Gasteiger partial charge in [0.2, 0.25) is 5.91 Å². The Morgan fingerprint density at radius 2 is 2.06 bits per heavy atom. The van der Waals surface area contributed by atoms with E-state index in [9.17, 15) is 9.90 Å². The third-order valence-corrected chi connectivity index (χ3v) is 3.01. The number of aliphatic hydroxyl groups excluding tert-OH is 1. The zero-order chi connectivity index (χ0) is 12.6.